The molecule has 2 nitrogen and oxygen atoms in total. The Morgan fingerprint density at radius 3 is 2.33 bits per heavy atom. The highest BCUT2D eigenvalue weighted by Crippen LogP contribution is 2.34. The molecule has 70 valence electrons. The van der Waals surface area contributed by atoms with Gasteiger partial charge in [0.15, 0.2) is 0 Å². The fourth-order valence-corrected chi connectivity index (χ4v) is 2.41. The maximum Gasteiger partial charge on any atom is 0.00983 e. The topological polar surface area (TPSA) is 29.3 Å². The summed E-state index contributed by atoms with van der Waals surface area (Å²) in [7, 11) is 2.29. The number of hydrogen-bond acceptors (Lipinski definition) is 2. The second-order valence-corrected chi connectivity index (χ2v) is 4.47. The lowest BCUT2D eigenvalue weighted by Gasteiger charge is -2.23. The van der Waals surface area contributed by atoms with E-state index in [9.17, 15) is 0 Å². The standard InChI is InChI=1S/C10H20N2/c1-12(9-4-5-9)10-3-2-8(6-10)7-11/h8-10H,2-7,11H2,1H3. The Morgan fingerprint density at radius 2 is 1.83 bits per heavy atom. The van der Waals surface area contributed by atoms with Gasteiger partial charge in [0, 0.05) is 12.1 Å². The van der Waals surface area contributed by atoms with Crippen molar-refractivity contribution in [3.05, 3.63) is 0 Å². The highest BCUT2D eigenvalue weighted by molar-refractivity contribution is 4.90. The quantitative estimate of drug-likeness (QED) is 0.686. The van der Waals surface area contributed by atoms with E-state index in [1.807, 2.05) is 0 Å². The molecular weight excluding hydrogens is 148 g/mol. The van der Waals surface area contributed by atoms with E-state index in [0.29, 0.717) is 0 Å². The first-order valence-corrected chi connectivity index (χ1v) is 5.23. The first kappa shape index (κ1) is 8.52. The van der Waals surface area contributed by atoms with E-state index < -0.39 is 0 Å². The van der Waals surface area contributed by atoms with Crippen LogP contribution in [-0.4, -0.2) is 30.6 Å². The minimum atomic E-state index is 0.816. The van der Waals surface area contributed by atoms with Gasteiger partial charge in [0.1, 0.15) is 0 Å². The molecule has 0 aliphatic heterocycles. The van der Waals surface area contributed by atoms with Crippen molar-refractivity contribution in [1.82, 2.24) is 4.90 Å². The summed E-state index contributed by atoms with van der Waals surface area (Å²) in [5, 5.41) is 0. The molecule has 12 heavy (non-hydrogen) atoms. The van der Waals surface area contributed by atoms with Gasteiger partial charge in [-0.2, -0.15) is 0 Å². The predicted octanol–water partition coefficient (Wildman–Crippen LogP) is 1.21. The fourth-order valence-electron chi connectivity index (χ4n) is 2.41. The predicted molar refractivity (Wildman–Crippen MR) is 51.0 cm³/mol. The molecule has 2 N–H and O–H groups in total. The SMILES string of the molecule is CN(C1CC1)C1CCC(CN)C1. The smallest absolute Gasteiger partial charge is 0.00983 e. The molecule has 0 aromatic rings. The summed E-state index contributed by atoms with van der Waals surface area (Å²) < 4.78 is 0. The molecule has 2 saturated carbocycles. The van der Waals surface area contributed by atoms with Crippen LogP contribution < -0.4 is 5.73 Å². The molecule has 2 unspecified atom stereocenters. The molecule has 2 atom stereocenters. The molecule has 0 spiro atoms. The van der Waals surface area contributed by atoms with E-state index in [-0.39, 0.29) is 0 Å². The van der Waals surface area contributed by atoms with E-state index in [0.717, 1.165) is 24.5 Å². The number of hydrogen-bond donors (Lipinski definition) is 1. The molecule has 0 amide bonds. The summed E-state index contributed by atoms with van der Waals surface area (Å²) in [6.07, 6.45) is 6.96. The van der Waals surface area contributed by atoms with Crippen LogP contribution in [0.15, 0.2) is 0 Å². The van der Waals surface area contributed by atoms with Gasteiger partial charge < -0.3 is 10.6 Å². The van der Waals surface area contributed by atoms with Gasteiger partial charge in [-0.25, -0.2) is 0 Å². The second kappa shape index (κ2) is 3.35. The zero-order chi connectivity index (χ0) is 8.55. The molecule has 2 fully saturated rings. The van der Waals surface area contributed by atoms with Crippen molar-refractivity contribution in [3.8, 4) is 0 Å². The normalized spacial score (nSPS) is 36.2. The average molecular weight is 168 g/mol. The van der Waals surface area contributed by atoms with E-state index in [1.54, 1.807) is 0 Å². The molecule has 0 radical (unpaired) electrons. The van der Waals surface area contributed by atoms with Crippen LogP contribution in [0.25, 0.3) is 0 Å². The average Bonchev–Trinajstić information content (AvgIpc) is 2.82. The van der Waals surface area contributed by atoms with Crippen molar-refractivity contribution in [2.75, 3.05) is 13.6 Å². The van der Waals surface area contributed by atoms with Crippen LogP contribution in [-0.2, 0) is 0 Å². The summed E-state index contributed by atoms with van der Waals surface area (Å²) in [5.41, 5.74) is 5.67. The maximum absolute atomic E-state index is 5.67. The lowest BCUT2D eigenvalue weighted by atomic mass is 10.1. The van der Waals surface area contributed by atoms with Gasteiger partial charge in [-0.15, -0.1) is 0 Å². The Labute approximate surface area is 75.1 Å². The minimum Gasteiger partial charge on any atom is -0.330 e. The van der Waals surface area contributed by atoms with E-state index in [1.165, 1.54) is 32.1 Å². The van der Waals surface area contributed by atoms with Gasteiger partial charge in [0.05, 0.1) is 0 Å². The van der Waals surface area contributed by atoms with Crippen LogP contribution in [0.3, 0.4) is 0 Å². The lowest BCUT2D eigenvalue weighted by Crippen LogP contribution is -2.31. The Morgan fingerprint density at radius 1 is 1.17 bits per heavy atom. The molecule has 0 saturated heterocycles. The van der Waals surface area contributed by atoms with E-state index >= 15 is 0 Å². The number of rotatable bonds is 3. The first-order valence-electron chi connectivity index (χ1n) is 5.23. The van der Waals surface area contributed by atoms with Crippen LogP contribution in [0.4, 0.5) is 0 Å². The molecule has 0 aromatic heterocycles. The van der Waals surface area contributed by atoms with Crippen molar-refractivity contribution in [3.63, 3.8) is 0 Å². The third-order valence-electron chi connectivity index (χ3n) is 3.55. The fraction of sp³-hybridized carbons (Fsp3) is 1.00. The molecule has 0 heterocycles. The van der Waals surface area contributed by atoms with Crippen LogP contribution in [0.1, 0.15) is 32.1 Å². The van der Waals surface area contributed by atoms with E-state index in [2.05, 4.69) is 11.9 Å². The van der Waals surface area contributed by atoms with Crippen LogP contribution in [0, 0.1) is 5.92 Å². The van der Waals surface area contributed by atoms with Gasteiger partial charge in [0.25, 0.3) is 0 Å². The molecule has 0 aromatic carbocycles. The minimum absolute atomic E-state index is 0.816. The van der Waals surface area contributed by atoms with Crippen LogP contribution in [0.5, 0.6) is 0 Å². The Bertz CT molecular complexity index is 154. The van der Waals surface area contributed by atoms with Gasteiger partial charge in [0.2, 0.25) is 0 Å². The number of nitrogens with two attached hydrogens (primary N) is 1. The number of nitrogens with zero attached hydrogens (tertiary/aromatic N) is 1. The highest BCUT2D eigenvalue weighted by atomic mass is 15.2. The van der Waals surface area contributed by atoms with Crippen molar-refractivity contribution in [2.45, 2.75) is 44.2 Å². The second-order valence-electron chi connectivity index (χ2n) is 4.47. The maximum atomic E-state index is 5.67. The summed E-state index contributed by atoms with van der Waals surface area (Å²) in [6.45, 7) is 0.898. The lowest BCUT2D eigenvalue weighted by molar-refractivity contribution is 0.231. The van der Waals surface area contributed by atoms with Crippen molar-refractivity contribution in [1.29, 1.82) is 0 Å². The van der Waals surface area contributed by atoms with Crippen LogP contribution >= 0.6 is 0 Å². The van der Waals surface area contributed by atoms with Gasteiger partial charge in [-0.05, 0) is 51.6 Å². The molecular formula is C10H20N2. The van der Waals surface area contributed by atoms with E-state index in [4.69, 9.17) is 5.73 Å². The first-order chi connectivity index (χ1) is 5.81. The largest absolute Gasteiger partial charge is 0.330 e. The van der Waals surface area contributed by atoms with Crippen molar-refractivity contribution >= 4 is 0 Å². The summed E-state index contributed by atoms with van der Waals surface area (Å²) in [5.74, 6) is 0.816. The van der Waals surface area contributed by atoms with Gasteiger partial charge >= 0.3 is 0 Å². The Hall–Kier alpha value is -0.0800. The summed E-state index contributed by atoms with van der Waals surface area (Å²) in [4.78, 5) is 2.59. The van der Waals surface area contributed by atoms with Crippen molar-refractivity contribution in [2.24, 2.45) is 11.7 Å². The van der Waals surface area contributed by atoms with Gasteiger partial charge in [-0.3, -0.25) is 0 Å². The summed E-state index contributed by atoms with van der Waals surface area (Å²) >= 11 is 0. The Kier molecular flexibility index (Phi) is 2.37. The van der Waals surface area contributed by atoms with Crippen LogP contribution in [0.2, 0.25) is 0 Å². The zero-order valence-corrected chi connectivity index (χ0v) is 8.00. The molecule has 2 heteroatoms. The van der Waals surface area contributed by atoms with Gasteiger partial charge in [-0.1, -0.05) is 0 Å². The third kappa shape index (κ3) is 1.64. The highest BCUT2D eigenvalue weighted by Gasteiger charge is 2.34. The third-order valence-corrected chi connectivity index (χ3v) is 3.55. The molecule has 0 bridgehead atoms. The zero-order valence-electron chi connectivity index (χ0n) is 8.00. The summed E-state index contributed by atoms with van der Waals surface area (Å²) in [6, 6.07) is 1.78. The molecule has 2 aliphatic carbocycles. The Balaban J connectivity index is 1.81. The molecule has 2 rings (SSSR count). The van der Waals surface area contributed by atoms with Crippen molar-refractivity contribution < 1.29 is 0 Å². The monoisotopic (exact) mass is 168 g/mol. The molecule has 2 aliphatic rings.